The van der Waals surface area contributed by atoms with Crippen molar-refractivity contribution in [2.75, 3.05) is 66.8 Å². The van der Waals surface area contributed by atoms with Crippen LogP contribution in [0.25, 0.3) is 0 Å². The lowest BCUT2D eigenvalue weighted by Gasteiger charge is -2.40. The van der Waals surface area contributed by atoms with Crippen LogP contribution in [0.5, 0.6) is 0 Å². The molecule has 32 heavy (non-hydrogen) atoms. The standard InChI is InChI=1S/C25H50N4O3.H2/c1-20-4-6-21(7-5-20)22-18-26-25(27-19-22)28-23-8-10-24(11-9-23)32-17-14-29(12-15-30-2)13-16-31-3;/h20-28H,4-19H2,1-3H3;1H. The lowest BCUT2D eigenvalue weighted by molar-refractivity contribution is 0.00380. The fourth-order valence-electron chi connectivity index (χ4n) is 5.65. The minimum absolute atomic E-state index is 0. The van der Waals surface area contributed by atoms with Gasteiger partial charge in [0.25, 0.3) is 0 Å². The van der Waals surface area contributed by atoms with Crippen molar-refractivity contribution in [3.63, 3.8) is 0 Å². The van der Waals surface area contributed by atoms with E-state index in [4.69, 9.17) is 14.2 Å². The molecule has 2 aliphatic carbocycles. The van der Waals surface area contributed by atoms with Crippen molar-refractivity contribution < 1.29 is 15.6 Å². The lowest BCUT2D eigenvalue weighted by Crippen LogP contribution is -2.63. The van der Waals surface area contributed by atoms with Crippen molar-refractivity contribution in [3.8, 4) is 0 Å². The molecular formula is C25H52N4O3. The van der Waals surface area contributed by atoms with Gasteiger partial charge >= 0.3 is 0 Å². The second kappa shape index (κ2) is 14.9. The number of methoxy groups -OCH3 is 2. The molecule has 190 valence electrons. The Morgan fingerprint density at radius 3 is 1.97 bits per heavy atom. The second-order valence-corrected chi connectivity index (χ2v) is 10.4. The first kappa shape index (κ1) is 26.3. The van der Waals surface area contributed by atoms with Gasteiger partial charge in [0, 0.05) is 54.4 Å². The van der Waals surface area contributed by atoms with E-state index < -0.39 is 0 Å². The molecule has 1 aliphatic heterocycles. The maximum absolute atomic E-state index is 6.22. The molecule has 0 radical (unpaired) electrons. The fourth-order valence-corrected chi connectivity index (χ4v) is 5.65. The number of nitrogens with zero attached hydrogens (tertiary/aromatic N) is 1. The van der Waals surface area contributed by atoms with Crippen LogP contribution in [0.2, 0.25) is 0 Å². The van der Waals surface area contributed by atoms with Crippen molar-refractivity contribution in [2.24, 2.45) is 17.8 Å². The number of rotatable bonds is 13. The predicted molar refractivity (Wildman–Crippen MR) is 132 cm³/mol. The van der Waals surface area contributed by atoms with Gasteiger partial charge in [0.1, 0.15) is 6.29 Å². The van der Waals surface area contributed by atoms with Gasteiger partial charge in [0.15, 0.2) is 0 Å². The van der Waals surface area contributed by atoms with Crippen LogP contribution in [0, 0.1) is 17.8 Å². The van der Waals surface area contributed by atoms with E-state index in [1.165, 1.54) is 38.5 Å². The molecule has 1 heterocycles. The molecule has 2 saturated carbocycles. The predicted octanol–water partition coefficient (Wildman–Crippen LogP) is 2.66. The highest BCUT2D eigenvalue weighted by Gasteiger charge is 2.31. The SMILES string of the molecule is COCCN(CCOC)CCOC1CCC(NC2NCC(C3CCC(C)CC3)CN2)CC1.[HH]. The molecule has 0 aromatic rings. The van der Waals surface area contributed by atoms with E-state index >= 15 is 0 Å². The Balaban J connectivity index is 0.00000385. The molecule has 0 atom stereocenters. The Kier molecular flexibility index (Phi) is 12.2. The third kappa shape index (κ3) is 9.16. The topological polar surface area (TPSA) is 67.0 Å². The molecule has 3 aliphatic rings. The molecule has 7 heteroatoms. The average molecular weight is 457 g/mol. The Morgan fingerprint density at radius 2 is 1.38 bits per heavy atom. The summed E-state index contributed by atoms with van der Waals surface area (Å²) in [7, 11) is 3.51. The Bertz CT molecular complexity index is 472. The highest BCUT2D eigenvalue weighted by atomic mass is 16.5. The van der Waals surface area contributed by atoms with Crippen LogP contribution in [-0.2, 0) is 14.2 Å². The van der Waals surface area contributed by atoms with Crippen LogP contribution in [-0.4, -0.2) is 90.1 Å². The molecule has 3 N–H and O–H groups in total. The van der Waals surface area contributed by atoms with E-state index in [9.17, 15) is 0 Å². The third-order valence-corrected chi connectivity index (χ3v) is 7.96. The lowest BCUT2D eigenvalue weighted by atomic mass is 9.76. The summed E-state index contributed by atoms with van der Waals surface area (Å²) in [4.78, 5) is 2.36. The quantitative estimate of drug-likeness (QED) is 0.394. The summed E-state index contributed by atoms with van der Waals surface area (Å²) < 4.78 is 16.7. The third-order valence-electron chi connectivity index (χ3n) is 7.96. The maximum atomic E-state index is 6.22. The van der Waals surface area contributed by atoms with Crippen LogP contribution >= 0.6 is 0 Å². The summed E-state index contributed by atoms with van der Waals surface area (Å²) in [6.07, 6.45) is 11.1. The van der Waals surface area contributed by atoms with Crippen molar-refractivity contribution in [3.05, 3.63) is 0 Å². The summed E-state index contributed by atoms with van der Waals surface area (Å²) in [5.41, 5.74) is 0. The van der Waals surface area contributed by atoms with Gasteiger partial charge in [-0.1, -0.05) is 19.8 Å². The van der Waals surface area contributed by atoms with Crippen LogP contribution in [0.3, 0.4) is 0 Å². The first-order valence-corrected chi connectivity index (χ1v) is 13.2. The van der Waals surface area contributed by atoms with E-state index in [1.807, 2.05) is 0 Å². The van der Waals surface area contributed by atoms with E-state index in [2.05, 4.69) is 27.8 Å². The Labute approximate surface area is 198 Å². The minimum atomic E-state index is 0. The molecular weight excluding hydrogens is 404 g/mol. The molecule has 0 amide bonds. The monoisotopic (exact) mass is 456 g/mol. The van der Waals surface area contributed by atoms with Gasteiger partial charge in [-0.2, -0.15) is 0 Å². The largest absolute Gasteiger partial charge is 0.383 e. The summed E-state index contributed by atoms with van der Waals surface area (Å²) in [6, 6.07) is 0.590. The normalized spacial score (nSPS) is 34.1. The minimum Gasteiger partial charge on any atom is -0.383 e. The first-order valence-electron chi connectivity index (χ1n) is 13.2. The highest BCUT2D eigenvalue weighted by Crippen LogP contribution is 2.33. The van der Waals surface area contributed by atoms with Gasteiger partial charge < -0.3 is 14.2 Å². The summed E-state index contributed by atoms with van der Waals surface area (Å²) in [5.74, 6) is 2.66. The summed E-state index contributed by atoms with van der Waals surface area (Å²) >= 11 is 0. The van der Waals surface area contributed by atoms with Crippen LogP contribution in [0.1, 0.15) is 59.7 Å². The molecule has 0 spiro atoms. The summed E-state index contributed by atoms with van der Waals surface area (Å²) in [6.45, 7) is 9.84. The second-order valence-electron chi connectivity index (χ2n) is 10.4. The van der Waals surface area contributed by atoms with Gasteiger partial charge in [-0.15, -0.1) is 0 Å². The molecule has 7 nitrogen and oxygen atoms in total. The Hall–Kier alpha value is -0.280. The molecule has 0 bridgehead atoms. The van der Waals surface area contributed by atoms with E-state index in [0.717, 1.165) is 83.1 Å². The molecule has 3 rings (SSSR count). The van der Waals surface area contributed by atoms with Crippen molar-refractivity contribution in [1.29, 1.82) is 0 Å². The van der Waals surface area contributed by atoms with Crippen molar-refractivity contribution in [2.45, 2.75) is 76.7 Å². The smallest absolute Gasteiger partial charge is 0.112 e. The van der Waals surface area contributed by atoms with Gasteiger partial charge in [0.2, 0.25) is 0 Å². The number of hydrogen-bond acceptors (Lipinski definition) is 7. The van der Waals surface area contributed by atoms with Crippen LogP contribution in [0.15, 0.2) is 0 Å². The van der Waals surface area contributed by atoms with E-state index in [0.29, 0.717) is 12.1 Å². The van der Waals surface area contributed by atoms with Gasteiger partial charge in [0.05, 0.1) is 25.9 Å². The molecule has 3 fully saturated rings. The maximum Gasteiger partial charge on any atom is 0.112 e. The zero-order valence-corrected chi connectivity index (χ0v) is 20.9. The first-order chi connectivity index (χ1) is 15.7. The van der Waals surface area contributed by atoms with Crippen molar-refractivity contribution in [1.82, 2.24) is 20.9 Å². The van der Waals surface area contributed by atoms with Gasteiger partial charge in [-0.05, 0) is 56.3 Å². The van der Waals surface area contributed by atoms with Crippen LogP contribution < -0.4 is 16.0 Å². The number of nitrogens with one attached hydrogen (secondary N) is 3. The molecule has 0 aromatic carbocycles. The molecule has 1 saturated heterocycles. The van der Waals surface area contributed by atoms with Gasteiger partial charge in [-0.25, -0.2) is 0 Å². The van der Waals surface area contributed by atoms with Crippen LogP contribution in [0.4, 0.5) is 0 Å². The zero-order chi connectivity index (χ0) is 22.6. The van der Waals surface area contributed by atoms with Gasteiger partial charge in [-0.3, -0.25) is 20.9 Å². The molecule has 0 aromatic heterocycles. The van der Waals surface area contributed by atoms with E-state index in [1.54, 1.807) is 14.2 Å². The Morgan fingerprint density at radius 1 is 0.781 bits per heavy atom. The zero-order valence-electron chi connectivity index (χ0n) is 20.9. The summed E-state index contributed by atoms with van der Waals surface area (Å²) in [5, 5.41) is 11.3. The highest BCUT2D eigenvalue weighted by molar-refractivity contribution is 4.86. The fraction of sp³-hybridized carbons (Fsp3) is 1.00. The van der Waals surface area contributed by atoms with Crippen molar-refractivity contribution >= 4 is 0 Å². The average Bonchev–Trinajstić information content (AvgIpc) is 2.82. The number of hydrogen-bond donors (Lipinski definition) is 3. The molecule has 0 unspecified atom stereocenters. The van der Waals surface area contributed by atoms with E-state index in [-0.39, 0.29) is 7.72 Å². The number of ether oxygens (including phenoxy) is 3.